The van der Waals surface area contributed by atoms with Gasteiger partial charge in [0.15, 0.2) is 0 Å². The molecule has 0 bridgehead atoms. The molecule has 0 radical (unpaired) electrons. The molecule has 33 heavy (non-hydrogen) atoms. The highest BCUT2D eigenvalue weighted by atomic mass is 32.2. The number of carbonyl (C=O) groups excluding carboxylic acids is 1. The van der Waals surface area contributed by atoms with Gasteiger partial charge in [-0.1, -0.05) is 78.4 Å². The molecule has 4 rings (SSSR count). The van der Waals surface area contributed by atoms with Gasteiger partial charge in [-0.15, -0.1) is 0 Å². The molecule has 0 unspecified atom stereocenters. The lowest BCUT2D eigenvalue weighted by molar-refractivity contribution is 0.0943. The van der Waals surface area contributed by atoms with Crippen molar-refractivity contribution in [2.75, 3.05) is 4.72 Å². The Morgan fingerprint density at radius 3 is 1.73 bits per heavy atom. The maximum Gasteiger partial charge on any atom is 0.261 e. The zero-order chi connectivity index (χ0) is 23.3. The molecule has 0 saturated heterocycles. The van der Waals surface area contributed by atoms with Crippen molar-refractivity contribution in [1.82, 2.24) is 5.32 Å². The van der Waals surface area contributed by atoms with Crippen molar-refractivity contribution in [1.29, 1.82) is 0 Å². The van der Waals surface area contributed by atoms with Gasteiger partial charge in [0, 0.05) is 11.3 Å². The topological polar surface area (TPSA) is 75.3 Å². The largest absolute Gasteiger partial charge is 0.341 e. The third-order valence-corrected chi connectivity index (χ3v) is 6.67. The lowest BCUT2D eigenvalue weighted by Gasteiger charge is -2.20. The minimum atomic E-state index is -3.70. The molecule has 0 atom stereocenters. The molecule has 0 aliphatic carbocycles. The van der Waals surface area contributed by atoms with E-state index in [0.29, 0.717) is 11.3 Å². The van der Waals surface area contributed by atoms with Gasteiger partial charge in [0.1, 0.15) is 0 Å². The quantitative estimate of drug-likeness (QED) is 0.395. The molecule has 1 amide bonds. The molecular weight excluding hydrogens is 432 g/mol. The summed E-state index contributed by atoms with van der Waals surface area (Å²) >= 11 is 0. The fraction of sp³-hybridized carbons (Fsp3) is 0.0741. The van der Waals surface area contributed by atoms with E-state index in [1.54, 1.807) is 48.5 Å². The van der Waals surface area contributed by atoms with Gasteiger partial charge in [-0.25, -0.2) is 8.42 Å². The standard InChI is InChI=1S/C27H24N2O3S/c1-20-12-18-25(19-13-20)33(31,32)29-24-16-14-23(15-17-24)27(30)28-26(21-8-4-2-5-9-21)22-10-6-3-7-11-22/h2-19,26,29H,1H3,(H,28,30). The Kier molecular flexibility index (Phi) is 6.56. The van der Waals surface area contributed by atoms with E-state index in [2.05, 4.69) is 10.0 Å². The third-order valence-electron chi connectivity index (χ3n) is 5.27. The molecule has 0 fully saturated rings. The van der Waals surface area contributed by atoms with Crippen molar-refractivity contribution < 1.29 is 13.2 Å². The summed E-state index contributed by atoms with van der Waals surface area (Å²) in [6.45, 7) is 1.90. The van der Waals surface area contributed by atoms with Crippen LogP contribution in [0.5, 0.6) is 0 Å². The molecule has 166 valence electrons. The average molecular weight is 457 g/mol. The smallest absolute Gasteiger partial charge is 0.261 e. The van der Waals surface area contributed by atoms with E-state index in [1.165, 1.54) is 0 Å². The van der Waals surface area contributed by atoms with Gasteiger partial charge in [0.05, 0.1) is 10.9 Å². The van der Waals surface area contributed by atoms with Crippen LogP contribution in [0.25, 0.3) is 0 Å². The van der Waals surface area contributed by atoms with E-state index in [9.17, 15) is 13.2 Å². The number of sulfonamides is 1. The number of carbonyl (C=O) groups is 1. The normalized spacial score (nSPS) is 11.2. The molecule has 0 saturated carbocycles. The van der Waals surface area contributed by atoms with Crippen LogP contribution in [0.15, 0.2) is 114 Å². The minimum Gasteiger partial charge on any atom is -0.341 e. The summed E-state index contributed by atoms with van der Waals surface area (Å²) in [5, 5.41) is 3.09. The zero-order valence-corrected chi connectivity index (χ0v) is 18.9. The summed E-state index contributed by atoms with van der Waals surface area (Å²) in [4.78, 5) is 13.2. The summed E-state index contributed by atoms with van der Waals surface area (Å²) in [5.41, 5.74) is 3.74. The van der Waals surface area contributed by atoms with Crippen molar-refractivity contribution in [2.45, 2.75) is 17.9 Å². The molecular formula is C27H24N2O3S. The van der Waals surface area contributed by atoms with Crippen LogP contribution >= 0.6 is 0 Å². The van der Waals surface area contributed by atoms with Gasteiger partial charge >= 0.3 is 0 Å². The van der Waals surface area contributed by atoms with Crippen molar-refractivity contribution in [3.05, 3.63) is 131 Å². The van der Waals surface area contributed by atoms with Crippen molar-refractivity contribution >= 4 is 21.6 Å². The number of hydrogen-bond donors (Lipinski definition) is 2. The Labute approximate surface area is 194 Å². The predicted octanol–water partition coefficient (Wildman–Crippen LogP) is 5.32. The zero-order valence-electron chi connectivity index (χ0n) is 18.1. The van der Waals surface area contributed by atoms with Crippen LogP contribution in [0.3, 0.4) is 0 Å². The SMILES string of the molecule is Cc1ccc(S(=O)(=O)Nc2ccc(C(=O)NC(c3ccccc3)c3ccccc3)cc2)cc1. The van der Waals surface area contributed by atoms with E-state index in [1.807, 2.05) is 67.6 Å². The highest BCUT2D eigenvalue weighted by molar-refractivity contribution is 7.92. The summed E-state index contributed by atoms with van der Waals surface area (Å²) < 4.78 is 27.8. The minimum absolute atomic E-state index is 0.184. The van der Waals surface area contributed by atoms with Gasteiger partial charge in [-0.2, -0.15) is 0 Å². The van der Waals surface area contributed by atoms with Crippen LogP contribution in [0.1, 0.15) is 33.1 Å². The number of anilines is 1. The molecule has 6 heteroatoms. The molecule has 5 nitrogen and oxygen atoms in total. The van der Waals surface area contributed by atoms with Crippen LogP contribution in [0.4, 0.5) is 5.69 Å². The number of rotatable bonds is 7. The van der Waals surface area contributed by atoms with Crippen LogP contribution in [-0.2, 0) is 10.0 Å². The molecule has 4 aromatic carbocycles. The first-order chi connectivity index (χ1) is 15.9. The maximum atomic E-state index is 13.0. The lowest BCUT2D eigenvalue weighted by Crippen LogP contribution is -2.29. The Morgan fingerprint density at radius 1 is 0.697 bits per heavy atom. The first-order valence-corrected chi connectivity index (χ1v) is 12.0. The monoisotopic (exact) mass is 456 g/mol. The Morgan fingerprint density at radius 2 is 1.21 bits per heavy atom. The number of benzene rings is 4. The predicted molar refractivity (Wildman–Crippen MR) is 131 cm³/mol. The lowest BCUT2D eigenvalue weighted by atomic mass is 9.98. The van der Waals surface area contributed by atoms with Crippen molar-refractivity contribution in [3.8, 4) is 0 Å². The number of amides is 1. The molecule has 4 aromatic rings. The van der Waals surface area contributed by atoms with E-state index >= 15 is 0 Å². The van der Waals surface area contributed by atoms with E-state index in [4.69, 9.17) is 0 Å². The van der Waals surface area contributed by atoms with Gasteiger partial charge in [-0.05, 0) is 54.4 Å². The number of hydrogen-bond acceptors (Lipinski definition) is 3. The molecule has 0 spiro atoms. The second kappa shape index (κ2) is 9.71. The second-order valence-electron chi connectivity index (χ2n) is 7.72. The van der Waals surface area contributed by atoms with Gasteiger partial charge < -0.3 is 5.32 Å². The summed E-state index contributed by atoms with van der Waals surface area (Å²) in [6.07, 6.45) is 0. The average Bonchev–Trinajstić information content (AvgIpc) is 2.84. The van der Waals surface area contributed by atoms with Gasteiger partial charge in [-0.3, -0.25) is 9.52 Å². The van der Waals surface area contributed by atoms with Crippen molar-refractivity contribution in [3.63, 3.8) is 0 Å². The molecule has 0 aliphatic rings. The van der Waals surface area contributed by atoms with Gasteiger partial charge in [0.2, 0.25) is 0 Å². The van der Waals surface area contributed by atoms with Crippen LogP contribution in [0.2, 0.25) is 0 Å². The van der Waals surface area contributed by atoms with E-state index < -0.39 is 10.0 Å². The van der Waals surface area contributed by atoms with Crippen LogP contribution in [0, 0.1) is 6.92 Å². The second-order valence-corrected chi connectivity index (χ2v) is 9.41. The van der Waals surface area contributed by atoms with Gasteiger partial charge in [0.25, 0.3) is 15.9 Å². The number of nitrogens with one attached hydrogen (secondary N) is 2. The summed E-state index contributed by atoms with van der Waals surface area (Å²) in [7, 11) is -3.70. The molecule has 0 aromatic heterocycles. The van der Waals surface area contributed by atoms with Crippen molar-refractivity contribution in [2.24, 2.45) is 0 Å². The third kappa shape index (κ3) is 5.48. The molecule has 0 aliphatic heterocycles. The summed E-state index contributed by atoms with van der Waals surface area (Å²) in [5.74, 6) is -0.249. The Hall–Kier alpha value is -3.90. The fourth-order valence-electron chi connectivity index (χ4n) is 3.49. The Bertz CT molecular complexity index is 1280. The number of aryl methyl sites for hydroxylation is 1. The van der Waals surface area contributed by atoms with E-state index in [0.717, 1.165) is 16.7 Å². The Balaban J connectivity index is 1.51. The fourth-order valence-corrected chi connectivity index (χ4v) is 4.54. The highest BCUT2D eigenvalue weighted by Crippen LogP contribution is 2.23. The van der Waals surface area contributed by atoms with Crippen LogP contribution in [-0.4, -0.2) is 14.3 Å². The first-order valence-electron chi connectivity index (χ1n) is 10.5. The first kappa shape index (κ1) is 22.3. The maximum absolute atomic E-state index is 13.0. The van der Waals surface area contributed by atoms with Crippen LogP contribution < -0.4 is 10.0 Å². The summed E-state index contributed by atoms with van der Waals surface area (Å²) in [6, 6.07) is 32.2. The molecule has 2 N–H and O–H groups in total. The van der Waals surface area contributed by atoms with E-state index in [-0.39, 0.29) is 16.8 Å². The molecule has 0 heterocycles. The highest BCUT2D eigenvalue weighted by Gasteiger charge is 2.18.